The van der Waals surface area contributed by atoms with Gasteiger partial charge >= 0.3 is 11.9 Å². The van der Waals surface area contributed by atoms with E-state index in [-0.39, 0.29) is 6.42 Å². The molecule has 0 saturated carbocycles. The number of carboxylic acid groups (broad SMARTS) is 2. The fraction of sp³-hybridized carbons (Fsp3) is 0.800. The van der Waals surface area contributed by atoms with Crippen molar-refractivity contribution >= 4 is 11.9 Å². The van der Waals surface area contributed by atoms with Gasteiger partial charge in [-0.15, -0.1) is 0 Å². The minimum absolute atomic E-state index is 0.194. The molecule has 0 heterocycles. The van der Waals surface area contributed by atoms with Crippen molar-refractivity contribution in [3.8, 4) is 0 Å². The lowest BCUT2D eigenvalue weighted by Gasteiger charge is -2.17. The van der Waals surface area contributed by atoms with E-state index >= 15 is 0 Å². The van der Waals surface area contributed by atoms with Crippen molar-refractivity contribution in [3.63, 3.8) is 0 Å². The highest BCUT2D eigenvalue weighted by atomic mass is 16.4. The van der Waals surface area contributed by atoms with E-state index in [4.69, 9.17) is 10.2 Å². The molecule has 0 aromatic heterocycles. The first kappa shape index (κ1) is 13.9. The molecule has 5 nitrogen and oxygen atoms in total. The quantitative estimate of drug-likeness (QED) is 0.615. The maximum atomic E-state index is 10.6. The highest BCUT2D eigenvalue weighted by Crippen LogP contribution is 2.13. The molecule has 0 spiro atoms. The van der Waals surface area contributed by atoms with Crippen molar-refractivity contribution in [2.45, 2.75) is 19.8 Å². The summed E-state index contributed by atoms with van der Waals surface area (Å²) < 4.78 is 0. The summed E-state index contributed by atoms with van der Waals surface area (Å²) in [5.41, 5.74) is 0. The fourth-order valence-corrected chi connectivity index (χ4v) is 1.52. The normalized spacial score (nSPS) is 13.1. The molecule has 0 radical (unpaired) electrons. The summed E-state index contributed by atoms with van der Waals surface area (Å²) in [6.45, 7) is 2.83. The number of carbonyl (C=O) groups is 2. The van der Waals surface area contributed by atoms with Crippen LogP contribution in [0.25, 0.3) is 0 Å². The molecule has 0 rings (SSSR count). The molecule has 88 valence electrons. The van der Waals surface area contributed by atoms with Crippen molar-refractivity contribution in [1.82, 2.24) is 4.90 Å². The van der Waals surface area contributed by atoms with Gasteiger partial charge in [0, 0.05) is 6.54 Å². The molecular formula is C10H19NO4. The Balaban J connectivity index is 4.00. The second-order valence-electron chi connectivity index (χ2n) is 4.17. The van der Waals surface area contributed by atoms with Crippen LogP contribution in [0.1, 0.15) is 19.8 Å². The predicted molar refractivity (Wildman–Crippen MR) is 55.7 cm³/mol. The molecular weight excluding hydrogens is 198 g/mol. The molecule has 1 atom stereocenters. The highest BCUT2D eigenvalue weighted by molar-refractivity contribution is 5.92. The van der Waals surface area contributed by atoms with E-state index in [1.54, 1.807) is 0 Å². The molecule has 2 N–H and O–H groups in total. The second kappa shape index (κ2) is 6.40. The minimum atomic E-state index is -1.27. The lowest BCUT2D eigenvalue weighted by molar-refractivity contribution is -0.154. The van der Waals surface area contributed by atoms with Gasteiger partial charge in [0.15, 0.2) is 5.92 Å². The van der Waals surface area contributed by atoms with Crippen molar-refractivity contribution in [3.05, 3.63) is 0 Å². The van der Waals surface area contributed by atoms with E-state index in [9.17, 15) is 9.59 Å². The van der Waals surface area contributed by atoms with Crippen LogP contribution >= 0.6 is 0 Å². The monoisotopic (exact) mass is 217 g/mol. The molecule has 0 aliphatic carbocycles. The third-order valence-corrected chi connectivity index (χ3v) is 2.22. The van der Waals surface area contributed by atoms with Gasteiger partial charge in [0.05, 0.1) is 0 Å². The van der Waals surface area contributed by atoms with Crippen molar-refractivity contribution < 1.29 is 19.8 Å². The Morgan fingerprint density at radius 3 is 1.93 bits per heavy atom. The Kier molecular flexibility index (Phi) is 5.93. The van der Waals surface area contributed by atoms with Gasteiger partial charge in [-0.05, 0) is 32.9 Å². The van der Waals surface area contributed by atoms with E-state index in [0.29, 0.717) is 12.3 Å². The zero-order valence-electron chi connectivity index (χ0n) is 9.43. The first-order valence-electron chi connectivity index (χ1n) is 4.95. The molecule has 15 heavy (non-hydrogen) atoms. The Hall–Kier alpha value is -1.10. The van der Waals surface area contributed by atoms with Gasteiger partial charge in [-0.25, -0.2) is 0 Å². The number of hydrogen-bond acceptors (Lipinski definition) is 3. The highest BCUT2D eigenvalue weighted by Gasteiger charge is 2.25. The molecule has 0 aromatic rings. The average Bonchev–Trinajstić information content (AvgIpc) is 2.00. The Morgan fingerprint density at radius 1 is 1.13 bits per heavy atom. The SMILES string of the molecule is CC(CCC(C(=O)O)C(=O)O)CN(C)C. The van der Waals surface area contributed by atoms with E-state index in [0.717, 1.165) is 6.54 Å². The van der Waals surface area contributed by atoms with Crippen LogP contribution in [0.4, 0.5) is 0 Å². The fourth-order valence-electron chi connectivity index (χ4n) is 1.52. The second-order valence-corrected chi connectivity index (χ2v) is 4.17. The van der Waals surface area contributed by atoms with E-state index < -0.39 is 17.9 Å². The van der Waals surface area contributed by atoms with Crippen LogP contribution in [-0.2, 0) is 9.59 Å². The summed E-state index contributed by atoms with van der Waals surface area (Å²) in [5.74, 6) is -3.46. The summed E-state index contributed by atoms with van der Waals surface area (Å²) in [7, 11) is 3.87. The zero-order valence-corrected chi connectivity index (χ0v) is 9.43. The van der Waals surface area contributed by atoms with E-state index in [1.165, 1.54) is 0 Å². The molecule has 1 unspecified atom stereocenters. The van der Waals surface area contributed by atoms with Crippen molar-refractivity contribution in [2.24, 2.45) is 11.8 Å². The van der Waals surface area contributed by atoms with Gasteiger partial charge in [0.2, 0.25) is 0 Å². The largest absolute Gasteiger partial charge is 0.481 e. The first-order valence-corrected chi connectivity index (χ1v) is 4.95. The summed E-state index contributed by atoms with van der Waals surface area (Å²) in [4.78, 5) is 23.2. The summed E-state index contributed by atoms with van der Waals surface area (Å²) in [5, 5.41) is 17.3. The summed E-state index contributed by atoms with van der Waals surface area (Å²) in [6, 6.07) is 0. The van der Waals surface area contributed by atoms with Gasteiger partial charge in [-0.1, -0.05) is 6.92 Å². The van der Waals surface area contributed by atoms with E-state index in [1.807, 2.05) is 25.9 Å². The van der Waals surface area contributed by atoms with Gasteiger partial charge in [0.1, 0.15) is 0 Å². The van der Waals surface area contributed by atoms with Crippen LogP contribution in [0.3, 0.4) is 0 Å². The standard InChI is InChI=1S/C10H19NO4/c1-7(6-11(2)3)4-5-8(9(12)13)10(14)15/h7-8H,4-6H2,1-3H3,(H,12,13)(H,14,15). The molecule has 0 aliphatic rings. The number of hydrogen-bond donors (Lipinski definition) is 2. The van der Waals surface area contributed by atoms with Crippen LogP contribution in [-0.4, -0.2) is 47.7 Å². The zero-order chi connectivity index (χ0) is 12.0. The lowest BCUT2D eigenvalue weighted by atomic mass is 9.97. The summed E-state index contributed by atoms with van der Waals surface area (Å²) in [6.07, 6.45) is 0.807. The van der Waals surface area contributed by atoms with Gasteiger partial charge in [0.25, 0.3) is 0 Å². The Morgan fingerprint density at radius 2 is 1.60 bits per heavy atom. The number of carboxylic acids is 2. The average molecular weight is 217 g/mol. The minimum Gasteiger partial charge on any atom is -0.481 e. The number of rotatable bonds is 7. The maximum absolute atomic E-state index is 10.6. The molecule has 0 amide bonds. The van der Waals surface area contributed by atoms with Gasteiger partial charge in [-0.3, -0.25) is 9.59 Å². The van der Waals surface area contributed by atoms with Gasteiger partial charge in [-0.2, -0.15) is 0 Å². The Labute approximate surface area is 89.7 Å². The van der Waals surface area contributed by atoms with Crippen LogP contribution in [0.5, 0.6) is 0 Å². The van der Waals surface area contributed by atoms with Gasteiger partial charge < -0.3 is 15.1 Å². The van der Waals surface area contributed by atoms with Crippen molar-refractivity contribution in [2.75, 3.05) is 20.6 Å². The molecule has 5 heteroatoms. The molecule has 0 fully saturated rings. The molecule has 0 aliphatic heterocycles. The van der Waals surface area contributed by atoms with Crippen molar-refractivity contribution in [1.29, 1.82) is 0 Å². The lowest BCUT2D eigenvalue weighted by Crippen LogP contribution is -2.25. The number of aliphatic carboxylic acids is 2. The van der Waals surface area contributed by atoms with E-state index in [2.05, 4.69) is 0 Å². The molecule has 0 bridgehead atoms. The van der Waals surface area contributed by atoms with Crippen LogP contribution < -0.4 is 0 Å². The maximum Gasteiger partial charge on any atom is 0.317 e. The third kappa shape index (κ3) is 6.06. The molecule has 0 aromatic carbocycles. The summed E-state index contributed by atoms with van der Waals surface area (Å²) >= 11 is 0. The predicted octanol–water partition coefficient (Wildman–Crippen LogP) is 0.750. The first-order chi connectivity index (χ1) is 6.84. The van der Waals surface area contributed by atoms with Crippen LogP contribution in [0.15, 0.2) is 0 Å². The van der Waals surface area contributed by atoms with Crippen LogP contribution in [0.2, 0.25) is 0 Å². The molecule has 0 saturated heterocycles. The van der Waals surface area contributed by atoms with Crippen LogP contribution in [0, 0.1) is 11.8 Å². The smallest absolute Gasteiger partial charge is 0.317 e. The Bertz CT molecular complexity index is 213. The third-order valence-electron chi connectivity index (χ3n) is 2.22. The number of nitrogens with zero attached hydrogens (tertiary/aromatic N) is 1. The topological polar surface area (TPSA) is 77.8 Å².